The van der Waals surface area contributed by atoms with Gasteiger partial charge in [-0.15, -0.1) is 11.3 Å². The van der Waals surface area contributed by atoms with E-state index in [9.17, 15) is 4.79 Å². The zero-order valence-corrected chi connectivity index (χ0v) is 11.9. The van der Waals surface area contributed by atoms with Gasteiger partial charge in [0, 0.05) is 17.2 Å². The Morgan fingerprint density at radius 2 is 2.21 bits per heavy atom. The molecule has 0 radical (unpaired) electrons. The molecule has 1 atom stereocenters. The first-order valence-electron chi connectivity index (χ1n) is 6.57. The molecule has 102 valence electrons. The third-order valence-electron chi connectivity index (χ3n) is 3.07. The number of carbonyl (C=O) groups is 1. The predicted molar refractivity (Wildman–Crippen MR) is 79.4 cm³/mol. The van der Waals surface area contributed by atoms with Gasteiger partial charge in [-0.1, -0.05) is 18.2 Å². The number of hydrogen-bond acceptors (Lipinski definition) is 4. The smallest absolute Gasteiger partial charge is 0.305 e. The van der Waals surface area contributed by atoms with E-state index in [1.807, 2.05) is 19.1 Å². The van der Waals surface area contributed by atoms with Crippen LogP contribution in [-0.2, 0) is 16.0 Å². The van der Waals surface area contributed by atoms with Gasteiger partial charge in [0.1, 0.15) is 0 Å². The van der Waals surface area contributed by atoms with Gasteiger partial charge in [-0.3, -0.25) is 4.79 Å². The van der Waals surface area contributed by atoms with Gasteiger partial charge in [0.15, 0.2) is 0 Å². The van der Waals surface area contributed by atoms with Crippen LogP contribution in [0.2, 0.25) is 0 Å². The van der Waals surface area contributed by atoms with Crippen molar-refractivity contribution in [2.45, 2.75) is 32.2 Å². The van der Waals surface area contributed by atoms with Crippen LogP contribution in [0.15, 0.2) is 29.6 Å². The lowest BCUT2D eigenvalue weighted by molar-refractivity contribution is -0.143. The van der Waals surface area contributed by atoms with Gasteiger partial charge in [-0.05, 0) is 42.2 Å². The molecule has 0 fully saturated rings. The highest BCUT2D eigenvalue weighted by molar-refractivity contribution is 7.17. The van der Waals surface area contributed by atoms with E-state index >= 15 is 0 Å². The van der Waals surface area contributed by atoms with Crippen molar-refractivity contribution in [1.82, 2.24) is 0 Å². The Morgan fingerprint density at radius 1 is 1.42 bits per heavy atom. The summed E-state index contributed by atoms with van der Waals surface area (Å²) in [5, 5.41) is 3.44. The van der Waals surface area contributed by atoms with Crippen molar-refractivity contribution in [3.63, 3.8) is 0 Å². The van der Waals surface area contributed by atoms with E-state index in [2.05, 4.69) is 17.5 Å². The fourth-order valence-corrected chi connectivity index (χ4v) is 3.09. The van der Waals surface area contributed by atoms with Crippen LogP contribution < -0.4 is 5.73 Å². The number of hydrogen-bond donors (Lipinski definition) is 1. The molecular weight excluding hydrogens is 258 g/mol. The quantitative estimate of drug-likeness (QED) is 0.825. The van der Waals surface area contributed by atoms with Crippen LogP contribution >= 0.6 is 11.3 Å². The summed E-state index contributed by atoms with van der Waals surface area (Å²) in [6.45, 7) is 2.25. The van der Waals surface area contributed by atoms with Gasteiger partial charge in [0.05, 0.1) is 6.61 Å². The maximum atomic E-state index is 11.3. The standard InChI is InChI=1S/C15H19NO2S/c1-2-18-15(17)8-7-12(16)9-11-10-19-14-6-4-3-5-13(11)14/h3-6,10,12H,2,7-9,16H2,1H3. The van der Waals surface area contributed by atoms with Crippen LogP contribution in [0.4, 0.5) is 0 Å². The first kappa shape index (κ1) is 14.0. The van der Waals surface area contributed by atoms with Crippen molar-refractivity contribution in [2.75, 3.05) is 6.61 Å². The molecule has 0 amide bonds. The van der Waals surface area contributed by atoms with E-state index in [0.29, 0.717) is 19.4 Å². The molecule has 0 aliphatic rings. The predicted octanol–water partition coefficient (Wildman–Crippen LogP) is 3.11. The van der Waals surface area contributed by atoms with Crippen LogP contribution in [0, 0.1) is 0 Å². The minimum atomic E-state index is -0.159. The monoisotopic (exact) mass is 277 g/mol. The molecule has 1 aromatic carbocycles. The maximum absolute atomic E-state index is 11.3. The highest BCUT2D eigenvalue weighted by Gasteiger charge is 2.11. The number of nitrogens with two attached hydrogens (primary N) is 1. The maximum Gasteiger partial charge on any atom is 0.305 e. The Morgan fingerprint density at radius 3 is 3.00 bits per heavy atom. The van der Waals surface area contributed by atoms with Gasteiger partial charge in [-0.2, -0.15) is 0 Å². The molecule has 19 heavy (non-hydrogen) atoms. The summed E-state index contributed by atoms with van der Waals surface area (Å²) in [6, 6.07) is 8.33. The molecule has 1 heterocycles. The highest BCUT2D eigenvalue weighted by atomic mass is 32.1. The molecule has 4 heteroatoms. The lowest BCUT2D eigenvalue weighted by Crippen LogP contribution is -2.24. The Bertz CT molecular complexity index is 550. The normalized spacial score (nSPS) is 12.5. The van der Waals surface area contributed by atoms with Crippen LogP contribution in [0.3, 0.4) is 0 Å². The second kappa shape index (κ2) is 6.68. The van der Waals surface area contributed by atoms with E-state index in [1.165, 1.54) is 15.6 Å². The van der Waals surface area contributed by atoms with Crippen LogP contribution in [0.25, 0.3) is 10.1 Å². The highest BCUT2D eigenvalue weighted by Crippen LogP contribution is 2.26. The van der Waals surface area contributed by atoms with E-state index in [4.69, 9.17) is 10.5 Å². The van der Waals surface area contributed by atoms with Crippen molar-refractivity contribution in [2.24, 2.45) is 5.73 Å². The molecule has 1 unspecified atom stereocenters. The second-order valence-corrected chi connectivity index (χ2v) is 5.48. The van der Waals surface area contributed by atoms with Crippen molar-refractivity contribution in [3.8, 4) is 0 Å². The summed E-state index contributed by atoms with van der Waals surface area (Å²) in [5.74, 6) is -0.159. The topological polar surface area (TPSA) is 52.3 Å². The van der Waals surface area contributed by atoms with E-state index in [1.54, 1.807) is 11.3 Å². The van der Waals surface area contributed by atoms with Gasteiger partial charge in [0.25, 0.3) is 0 Å². The number of rotatable bonds is 6. The fourth-order valence-electron chi connectivity index (χ4n) is 2.11. The molecule has 3 nitrogen and oxygen atoms in total. The molecule has 0 bridgehead atoms. The fraction of sp³-hybridized carbons (Fsp3) is 0.400. The van der Waals surface area contributed by atoms with Crippen LogP contribution in [-0.4, -0.2) is 18.6 Å². The Kier molecular flexibility index (Phi) is 4.93. The summed E-state index contributed by atoms with van der Waals surface area (Å²) in [7, 11) is 0. The zero-order valence-electron chi connectivity index (χ0n) is 11.1. The first-order chi connectivity index (χ1) is 9.20. The number of ether oxygens (including phenoxy) is 1. The molecule has 1 aromatic heterocycles. The van der Waals surface area contributed by atoms with Crippen LogP contribution in [0.1, 0.15) is 25.3 Å². The SMILES string of the molecule is CCOC(=O)CCC(N)Cc1csc2ccccc12. The molecule has 2 aromatic rings. The molecule has 0 saturated heterocycles. The number of carbonyl (C=O) groups excluding carboxylic acids is 1. The van der Waals surface area contributed by atoms with Crippen molar-refractivity contribution in [3.05, 3.63) is 35.2 Å². The second-order valence-electron chi connectivity index (χ2n) is 4.57. The minimum absolute atomic E-state index is 0.00223. The molecule has 0 saturated carbocycles. The average Bonchev–Trinajstić information content (AvgIpc) is 2.80. The first-order valence-corrected chi connectivity index (χ1v) is 7.45. The summed E-state index contributed by atoms with van der Waals surface area (Å²) in [5.41, 5.74) is 7.37. The van der Waals surface area contributed by atoms with Gasteiger partial charge in [0.2, 0.25) is 0 Å². The number of benzene rings is 1. The van der Waals surface area contributed by atoms with E-state index < -0.39 is 0 Å². The lowest BCUT2D eigenvalue weighted by Gasteiger charge is -2.10. The van der Waals surface area contributed by atoms with Crippen molar-refractivity contribution in [1.29, 1.82) is 0 Å². The van der Waals surface area contributed by atoms with Gasteiger partial charge >= 0.3 is 5.97 Å². The lowest BCUT2D eigenvalue weighted by atomic mass is 10.0. The van der Waals surface area contributed by atoms with E-state index in [0.717, 1.165) is 6.42 Å². The van der Waals surface area contributed by atoms with Gasteiger partial charge in [-0.25, -0.2) is 0 Å². The Labute approximate surface area is 117 Å². The molecule has 2 rings (SSSR count). The molecule has 2 N–H and O–H groups in total. The van der Waals surface area contributed by atoms with Crippen molar-refractivity contribution < 1.29 is 9.53 Å². The number of esters is 1. The summed E-state index contributed by atoms with van der Waals surface area (Å²) < 4.78 is 6.19. The van der Waals surface area contributed by atoms with E-state index in [-0.39, 0.29) is 12.0 Å². The summed E-state index contributed by atoms with van der Waals surface area (Å²) >= 11 is 1.74. The summed E-state index contributed by atoms with van der Waals surface area (Å²) in [6.07, 6.45) is 1.88. The van der Waals surface area contributed by atoms with Crippen molar-refractivity contribution >= 4 is 27.4 Å². The minimum Gasteiger partial charge on any atom is -0.466 e. The largest absolute Gasteiger partial charge is 0.466 e. The average molecular weight is 277 g/mol. The Balaban J connectivity index is 1.92. The van der Waals surface area contributed by atoms with Crippen LogP contribution in [0.5, 0.6) is 0 Å². The molecule has 0 spiro atoms. The Hall–Kier alpha value is -1.39. The number of thiophene rings is 1. The third-order valence-corrected chi connectivity index (χ3v) is 4.08. The zero-order chi connectivity index (χ0) is 13.7. The number of fused-ring (bicyclic) bond motifs is 1. The molecule has 0 aliphatic carbocycles. The molecular formula is C15H19NO2S. The molecule has 0 aliphatic heterocycles. The third kappa shape index (κ3) is 3.78. The van der Waals surface area contributed by atoms with Gasteiger partial charge < -0.3 is 10.5 Å². The summed E-state index contributed by atoms with van der Waals surface area (Å²) in [4.78, 5) is 11.3.